The first kappa shape index (κ1) is 6.28. The number of carbonyl (C=O) groups is 1. The van der Waals surface area contributed by atoms with Crippen molar-refractivity contribution in [2.75, 3.05) is 0 Å². The predicted octanol–water partition coefficient (Wildman–Crippen LogP) is 0.536. The fraction of sp³-hybridized carbons (Fsp3) is 0. The topological polar surface area (TPSA) is 69.1 Å². The third-order valence-corrected chi connectivity index (χ3v) is 1.32. The standard InChI is InChI=1S/C4H3BrN2O2/c5-3-2(4(6)8)7-1-9-3/h1H,(H2,6,8). The van der Waals surface area contributed by atoms with Gasteiger partial charge < -0.3 is 10.2 Å². The van der Waals surface area contributed by atoms with E-state index in [-0.39, 0.29) is 10.4 Å². The third-order valence-electron chi connectivity index (χ3n) is 0.758. The Bertz CT molecular complexity index is 232. The molecule has 0 atom stereocenters. The summed E-state index contributed by atoms with van der Waals surface area (Å²) in [6, 6.07) is 0. The lowest BCUT2D eigenvalue weighted by atomic mass is 10.5. The van der Waals surface area contributed by atoms with Crippen LogP contribution in [0, 0.1) is 0 Å². The number of nitrogens with zero attached hydrogens (tertiary/aromatic N) is 1. The van der Waals surface area contributed by atoms with Crippen molar-refractivity contribution in [3.8, 4) is 0 Å². The van der Waals surface area contributed by atoms with E-state index in [1.807, 2.05) is 0 Å². The van der Waals surface area contributed by atoms with Crippen LogP contribution in [-0.2, 0) is 0 Å². The molecule has 0 aromatic carbocycles. The SMILES string of the molecule is NC(=O)c1ncoc1Br. The number of oxazole rings is 1. The first-order valence-corrected chi connectivity index (χ1v) is 2.90. The van der Waals surface area contributed by atoms with Crippen LogP contribution in [0.3, 0.4) is 0 Å². The number of nitrogens with two attached hydrogens (primary N) is 1. The van der Waals surface area contributed by atoms with E-state index in [4.69, 9.17) is 5.73 Å². The Morgan fingerprint density at radius 1 is 1.89 bits per heavy atom. The van der Waals surface area contributed by atoms with Gasteiger partial charge in [0, 0.05) is 0 Å². The zero-order chi connectivity index (χ0) is 6.85. The van der Waals surface area contributed by atoms with Gasteiger partial charge in [0.05, 0.1) is 0 Å². The molecule has 0 aliphatic heterocycles. The highest BCUT2D eigenvalue weighted by Gasteiger charge is 2.09. The summed E-state index contributed by atoms with van der Waals surface area (Å²) in [6.07, 6.45) is 1.14. The van der Waals surface area contributed by atoms with Gasteiger partial charge in [0.25, 0.3) is 5.91 Å². The van der Waals surface area contributed by atoms with E-state index < -0.39 is 5.91 Å². The van der Waals surface area contributed by atoms with Gasteiger partial charge in [0.1, 0.15) is 0 Å². The monoisotopic (exact) mass is 190 g/mol. The van der Waals surface area contributed by atoms with Crippen LogP contribution in [0.15, 0.2) is 15.5 Å². The van der Waals surface area contributed by atoms with Crippen LogP contribution < -0.4 is 5.73 Å². The van der Waals surface area contributed by atoms with Crippen molar-refractivity contribution >= 4 is 21.8 Å². The van der Waals surface area contributed by atoms with Crippen LogP contribution >= 0.6 is 15.9 Å². The molecule has 1 amide bonds. The summed E-state index contributed by atoms with van der Waals surface area (Å²) in [5, 5.41) is 0. The summed E-state index contributed by atoms with van der Waals surface area (Å²) in [5.41, 5.74) is 4.99. The van der Waals surface area contributed by atoms with E-state index in [1.54, 1.807) is 0 Å². The second-order valence-electron chi connectivity index (χ2n) is 1.34. The van der Waals surface area contributed by atoms with E-state index in [0.29, 0.717) is 0 Å². The quantitative estimate of drug-likeness (QED) is 0.703. The molecular weight excluding hydrogens is 188 g/mol. The zero-order valence-electron chi connectivity index (χ0n) is 4.30. The summed E-state index contributed by atoms with van der Waals surface area (Å²) in [7, 11) is 0. The molecule has 0 saturated carbocycles. The minimum Gasteiger partial charge on any atom is -0.436 e. The van der Waals surface area contributed by atoms with Crippen LogP contribution in [0.4, 0.5) is 0 Å². The van der Waals surface area contributed by atoms with Crippen LogP contribution in [0.2, 0.25) is 0 Å². The fourth-order valence-corrected chi connectivity index (χ4v) is 0.774. The van der Waals surface area contributed by atoms with Crippen molar-refractivity contribution < 1.29 is 9.21 Å². The minimum atomic E-state index is -0.601. The molecule has 1 aromatic rings. The molecule has 5 heteroatoms. The predicted molar refractivity (Wildman–Crippen MR) is 32.7 cm³/mol. The Balaban J connectivity index is 3.08. The molecule has 1 aromatic heterocycles. The number of rotatable bonds is 1. The molecule has 0 aliphatic carbocycles. The number of primary amides is 1. The number of hydrogen-bond donors (Lipinski definition) is 1. The average Bonchev–Trinajstić information content (AvgIpc) is 2.13. The second-order valence-corrected chi connectivity index (χ2v) is 2.06. The van der Waals surface area contributed by atoms with Crippen molar-refractivity contribution in [2.24, 2.45) is 5.73 Å². The van der Waals surface area contributed by atoms with E-state index >= 15 is 0 Å². The Labute approximate surface area is 59.2 Å². The number of aromatic nitrogens is 1. The van der Waals surface area contributed by atoms with Crippen LogP contribution in [-0.4, -0.2) is 10.9 Å². The highest BCUT2D eigenvalue weighted by Crippen LogP contribution is 2.12. The van der Waals surface area contributed by atoms with Gasteiger partial charge >= 0.3 is 0 Å². The first-order valence-electron chi connectivity index (χ1n) is 2.10. The highest BCUT2D eigenvalue weighted by atomic mass is 79.9. The van der Waals surface area contributed by atoms with Crippen molar-refractivity contribution in [3.05, 3.63) is 16.8 Å². The van der Waals surface area contributed by atoms with Crippen LogP contribution in [0.1, 0.15) is 10.5 Å². The summed E-state index contributed by atoms with van der Waals surface area (Å²) in [4.78, 5) is 13.9. The average molecular weight is 191 g/mol. The van der Waals surface area contributed by atoms with Gasteiger partial charge in [-0.25, -0.2) is 4.98 Å². The maximum Gasteiger partial charge on any atom is 0.271 e. The van der Waals surface area contributed by atoms with Crippen molar-refractivity contribution in [2.45, 2.75) is 0 Å². The maximum atomic E-state index is 10.4. The number of amides is 1. The molecule has 0 unspecified atom stereocenters. The van der Waals surface area contributed by atoms with Gasteiger partial charge in [0.15, 0.2) is 12.1 Å². The molecule has 4 nitrogen and oxygen atoms in total. The molecule has 48 valence electrons. The van der Waals surface area contributed by atoms with E-state index in [0.717, 1.165) is 6.39 Å². The summed E-state index contributed by atoms with van der Waals surface area (Å²) >= 11 is 2.94. The Kier molecular flexibility index (Phi) is 1.52. The molecule has 0 aliphatic rings. The number of hydrogen-bond acceptors (Lipinski definition) is 3. The van der Waals surface area contributed by atoms with E-state index in [2.05, 4.69) is 25.3 Å². The lowest BCUT2D eigenvalue weighted by Gasteiger charge is -1.82. The third kappa shape index (κ3) is 1.10. The molecule has 9 heavy (non-hydrogen) atoms. The van der Waals surface area contributed by atoms with E-state index in [9.17, 15) is 4.79 Å². The largest absolute Gasteiger partial charge is 0.436 e. The van der Waals surface area contributed by atoms with Gasteiger partial charge in [-0.3, -0.25) is 4.79 Å². The lowest BCUT2D eigenvalue weighted by Crippen LogP contribution is -2.11. The lowest BCUT2D eigenvalue weighted by molar-refractivity contribution is 0.0994. The molecule has 0 saturated heterocycles. The second kappa shape index (κ2) is 2.18. The van der Waals surface area contributed by atoms with E-state index in [1.165, 1.54) is 0 Å². The Morgan fingerprint density at radius 2 is 2.56 bits per heavy atom. The molecule has 0 fully saturated rings. The number of carbonyl (C=O) groups excluding carboxylic acids is 1. The Hall–Kier alpha value is -0.840. The molecule has 0 radical (unpaired) electrons. The van der Waals surface area contributed by atoms with Gasteiger partial charge in [-0.1, -0.05) is 0 Å². The smallest absolute Gasteiger partial charge is 0.271 e. The fourth-order valence-electron chi connectivity index (χ4n) is 0.392. The molecule has 1 rings (SSSR count). The maximum absolute atomic E-state index is 10.4. The van der Waals surface area contributed by atoms with Crippen molar-refractivity contribution in [1.29, 1.82) is 0 Å². The Morgan fingerprint density at radius 3 is 2.78 bits per heavy atom. The molecule has 0 spiro atoms. The number of halogens is 1. The van der Waals surface area contributed by atoms with Crippen LogP contribution in [0.5, 0.6) is 0 Å². The normalized spacial score (nSPS) is 9.44. The summed E-state index contributed by atoms with van der Waals surface area (Å²) in [5.74, 6) is -0.601. The summed E-state index contributed by atoms with van der Waals surface area (Å²) < 4.78 is 4.90. The van der Waals surface area contributed by atoms with Crippen molar-refractivity contribution in [3.63, 3.8) is 0 Å². The summed E-state index contributed by atoms with van der Waals surface area (Å²) in [6.45, 7) is 0. The van der Waals surface area contributed by atoms with Gasteiger partial charge in [-0.15, -0.1) is 0 Å². The van der Waals surface area contributed by atoms with Crippen molar-refractivity contribution in [1.82, 2.24) is 4.98 Å². The molecule has 2 N–H and O–H groups in total. The first-order chi connectivity index (χ1) is 4.22. The van der Waals surface area contributed by atoms with Gasteiger partial charge in [0.2, 0.25) is 4.67 Å². The van der Waals surface area contributed by atoms with Crippen LogP contribution in [0.25, 0.3) is 0 Å². The van der Waals surface area contributed by atoms with Gasteiger partial charge in [-0.2, -0.15) is 0 Å². The highest BCUT2D eigenvalue weighted by molar-refractivity contribution is 9.10. The zero-order valence-corrected chi connectivity index (χ0v) is 5.88. The molecule has 0 bridgehead atoms. The molecular formula is C4H3BrN2O2. The van der Waals surface area contributed by atoms with Gasteiger partial charge in [-0.05, 0) is 15.9 Å². The molecule has 1 heterocycles. The minimum absolute atomic E-state index is 0.120.